The minimum absolute atomic E-state index is 0.0148. The predicted octanol–water partition coefficient (Wildman–Crippen LogP) is 2.84. The van der Waals surface area contributed by atoms with Gasteiger partial charge in [0.15, 0.2) is 5.82 Å². The van der Waals surface area contributed by atoms with E-state index in [4.69, 9.17) is 0 Å². The monoisotopic (exact) mass is 352 g/mol. The molecule has 1 N–H and O–H groups in total. The minimum Gasteiger partial charge on any atom is -0.349 e. The molecule has 7 nitrogen and oxygen atoms in total. The summed E-state index contributed by atoms with van der Waals surface area (Å²) in [5, 5.41) is 11.2. The van der Waals surface area contributed by atoms with E-state index in [1.807, 2.05) is 28.8 Å². The Labute approximate surface area is 152 Å². The van der Waals surface area contributed by atoms with Crippen LogP contribution in [-0.2, 0) is 17.9 Å². The second kappa shape index (κ2) is 7.68. The van der Waals surface area contributed by atoms with Crippen molar-refractivity contribution in [1.29, 1.82) is 0 Å². The molecule has 2 heterocycles. The summed E-state index contributed by atoms with van der Waals surface area (Å²) in [6, 6.07) is 8.42. The van der Waals surface area contributed by atoms with E-state index in [-0.39, 0.29) is 5.91 Å². The summed E-state index contributed by atoms with van der Waals surface area (Å²) in [6.07, 6.45) is 10.2. The Balaban J connectivity index is 1.31. The molecule has 26 heavy (non-hydrogen) atoms. The first-order valence-electron chi connectivity index (χ1n) is 9.36. The van der Waals surface area contributed by atoms with Crippen molar-refractivity contribution in [2.45, 2.75) is 57.7 Å². The number of rotatable bonds is 6. The molecule has 1 amide bonds. The zero-order chi connectivity index (χ0) is 17.8. The first-order valence-corrected chi connectivity index (χ1v) is 9.36. The average molecular weight is 352 g/mol. The summed E-state index contributed by atoms with van der Waals surface area (Å²) in [7, 11) is 0. The number of carbonyl (C=O) groups is 1. The van der Waals surface area contributed by atoms with E-state index in [1.165, 1.54) is 32.1 Å². The fourth-order valence-electron chi connectivity index (χ4n) is 3.73. The van der Waals surface area contributed by atoms with Crippen molar-refractivity contribution in [2.75, 3.05) is 0 Å². The Morgan fingerprint density at radius 2 is 2.00 bits per heavy atom. The number of carbonyl (C=O) groups excluding carboxylic acids is 1. The number of hydrogen-bond donors (Lipinski definition) is 1. The lowest BCUT2D eigenvalue weighted by Gasteiger charge is -2.24. The number of imidazole rings is 1. The Morgan fingerprint density at radius 3 is 2.88 bits per heavy atom. The van der Waals surface area contributed by atoms with Crippen LogP contribution in [0.1, 0.15) is 50.4 Å². The van der Waals surface area contributed by atoms with Crippen molar-refractivity contribution in [3.05, 3.63) is 42.7 Å². The molecule has 1 aromatic carbocycles. The molecular formula is C19H24N6O. The molecule has 1 fully saturated rings. The van der Waals surface area contributed by atoms with Crippen LogP contribution in [0.4, 0.5) is 0 Å². The fourth-order valence-corrected chi connectivity index (χ4v) is 3.73. The van der Waals surface area contributed by atoms with E-state index in [0.717, 1.165) is 16.9 Å². The van der Waals surface area contributed by atoms with E-state index in [1.54, 1.807) is 12.7 Å². The van der Waals surface area contributed by atoms with Gasteiger partial charge in [-0.05, 0) is 25.0 Å². The molecule has 7 heteroatoms. The minimum atomic E-state index is 0.0148. The van der Waals surface area contributed by atoms with Crippen molar-refractivity contribution in [3.8, 4) is 0 Å². The zero-order valence-corrected chi connectivity index (χ0v) is 14.8. The molecule has 0 radical (unpaired) electrons. The first-order chi connectivity index (χ1) is 12.8. The van der Waals surface area contributed by atoms with Crippen molar-refractivity contribution in [3.63, 3.8) is 0 Å². The lowest BCUT2D eigenvalue weighted by atomic mass is 9.95. The van der Waals surface area contributed by atoms with Crippen LogP contribution in [0.2, 0.25) is 0 Å². The molecule has 1 aliphatic rings. The highest BCUT2D eigenvalue weighted by Gasteiger charge is 2.18. The van der Waals surface area contributed by atoms with E-state index in [0.29, 0.717) is 25.6 Å². The SMILES string of the molecule is O=C(CCn1cnc2ccccc21)NCc1nncn1C1CCCCC1. The molecule has 0 aliphatic heterocycles. The van der Waals surface area contributed by atoms with Gasteiger partial charge >= 0.3 is 0 Å². The summed E-state index contributed by atoms with van der Waals surface area (Å²) >= 11 is 0. The summed E-state index contributed by atoms with van der Waals surface area (Å²) in [4.78, 5) is 16.6. The van der Waals surface area contributed by atoms with Gasteiger partial charge in [0.25, 0.3) is 0 Å². The summed E-state index contributed by atoms with van der Waals surface area (Å²) < 4.78 is 4.16. The molecule has 4 rings (SSSR count). The van der Waals surface area contributed by atoms with Crippen molar-refractivity contribution in [2.24, 2.45) is 0 Å². The van der Waals surface area contributed by atoms with E-state index in [2.05, 4.69) is 25.1 Å². The van der Waals surface area contributed by atoms with Gasteiger partial charge in [-0.2, -0.15) is 0 Å². The third kappa shape index (κ3) is 3.61. The zero-order valence-electron chi connectivity index (χ0n) is 14.8. The van der Waals surface area contributed by atoms with Gasteiger partial charge in [-0.3, -0.25) is 4.79 Å². The normalized spacial score (nSPS) is 15.4. The highest BCUT2D eigenvalue weighted by Crippen LogP contribution is 2.28. The van der Waals surface area contributed by atoms with Gasteiger partial charge < -0.3 is 14.5 Å². The van der Waals surface area contributed by atoms with Crippen molar-refractivity contribution < 1.29 is 4.79 Å². The maximum atomic E-state index is 12.3. The van der Waals surface area contributed by atoms with Crippen molar-refractivity contribution >= 4 is 16.9 Å². The lowest BCUT2D eigenvalue weighted by molar-refractivity contribution is -0.121. The summed E-state index contributed by atoms with van der Waals surface area (Å²) in [5.74, 6) is 0.860. The molecule has 136 valence electrons. The molecule has 0 bridgehead atoms. The summed E-state index contributed by atoms with van der Waals surface area (Å²) in [6.45, 7) is 1.04. The van der Waals surface area contributed by atoms with E-state index < -0.39 is 0 Å². The number of para-hydroxylation sites is 2. The van der Waals surface area contributed by atoms with Crippen LogP contribution < -0.4 is 5.32 Å². The van der Waals surface area contributed by atoms with Gasteiger partial charge in [-0.15, -0.1) is 10.2 Å². The number of hydrogen-bond acceptors (Lipinski definition) is 4. The predicted molar refractivity (Wildman–Crippen MR) is 98.3 cm³/mol. The van der Waals surface area contributed by atoms with Gasteiger partial charge in [-0.25, -0.2) is 4.98 Å². The van der Waals surface area contributed by atoms with Gasteiger partial charge in [0.2, 0.25) is 5.91 Å². The number of amides is 1. The molecule has 0 atom stereocenters. The third-order valence-electron chi connectivity index (χ3n) is 5.17. The average Bonchev–Trinajstić information content (AvgIpc) is 3.32. The second-order valence-corrected chi connectivity index (χ2v) is 6.90. The molecule has 3 aromatic rings. The highest BCUT2D eigenvalue weighted by molar-refractivity contribution is 5.77. The van der Waals surface area contributed by atoms with Crippen LogP contribution in [0, 0.1) is 0 Å². The Morgan fingerprint density at radius 1 is 1.15 bits per heavy atom. The van der Waals surface area contributed by atoms with Crippen LogP contribution in [0.3, 0.4) is 0 Å². The maximum Gasteiger partial charge on any atom is 0.222 e. The first kappa shape index (κ1) is 16.8. The number of aromatic nitrogens is 5. The largest absolute Gasteiger partial charge is 0.349 e. The number of aryl methyl sites for hydroxylation is 1. The standard InChI is InChI=1S/C19H24N6O/c26-19(10-11-24-13-21-16-8-4-5-9-17(16)24)20-12-18-23-22-14-25(18)15-6-2-1-3-7-15/h4-5,8-9,13-15H,1-3,6-7,10-12H2,(H,20,26). The van der Waals surface area contributed by atoms with Gasteiger partial charge in [0, 0.05) is 19.0 Å². The number of nitrogens with one attached hydrogen (secondary N) is 1. The van der Waals surface area contributed by atoms with E-state index in [9.17, 15) is 4.79 Å². The molecule has 1 aliphatic carbocycles. The van der Waals surface area contributed by atoms with Gasteiger partial charge in [0.05, 0.1) is 23.9 Å². The number of nitrogens with zero attached hydrogens (tertiary/aromatic N) is 5. The molecule has 0 saturated heterocycles. The van der Waals surface area contributed by atoms with Gasteiger partial charge in [-0.1, -0.05) is 31.4 Å². The molecule has 0 unspecified atom stereocenters. The van der Waals surface area contributed by atoms with Crippen LogP contribution in [-0.4, -0.2) is 30.2 Å². The van der Waals surface area contributed by atoms with E-state index >= 15 is 0 Å². The number of fused-ring (bicyclic) bond motifs is 1. The van der Waals surface area contributed by atoms with Crippen molar-refractivity contribution in [1.82, 2.24) is 29.6 Å². The quantitative estimate of drug-likeness (QED) is 0.740. The maximum absolute atomic E-state index is 12.3. The van der Waals surface area contributed by atoms with Crippen LogP contribution >= 0.6 is 0 Å². The number of benzene rings is 1. The molecule has 0 spiro atoms. The molecule has 1 saturated carbocycles. The molecule has 2 aromatic heterocycles. The summed E-state index contributed by atoms with van der Waals surface area (Å²) in [5.41, 5.74) is 2.01. The highest BCUT2D eigenvalue weighted by atomic mass is 16.1. The van der Waals surface area contributed by atoms with Crippen LogP contribution in [0.15, 0.2) is 36.9 Å². The van der Waals surface area contributed by atoms with Crippen LogP contribution in [0.5, 0.6) is 0 Å². The third-order valence-corrected chi connectivity index (χ3v) is 5.17. The Kier molecular flexibility index (Phi) is 4.95. The smallest absolute Gasteiger partial charge is 0.222 e. The Hall–Kier alpha value is -2.70. The lowest BCUT2D eigenvalue weighted by Crippen LogP contribution is -2.26. The van der Waals surface area contributed by atoms with Crippen LogP contribution in [0.25, 0.3) is 11.0 Å². The second-order valence-electron chi connectivity index (χ2n) is 6.90. The molecular weight excluding hydrogens is 328 g/mol. The topological polar surface area (TPSA) is 77.6 Å². The fraction of sp³-hybridized carbons (Fsp3) is 0.474. The van der Waals surface area contributed by atoms with Gasteiger partial charge in [0.1, 0.15) is 6.33 Å². The Bertz CT molecular complexity index is 877.